The monoisotopic (exact) mass is 317 g/mol. The Hall–Kier alpha value is -2.39. The van der Waals surface area contributed by atoms with Gasteiger partial charge in [0.15, 0.2) is 0 Å². The summed E-state index contributed by atoms with van der Waals surface area (Å²) >= 11 is 0. The molecule has 24 heavy (non-hydrogen) atoms. The first-order valence-electron chi connectivity index (χ1n) is 8.53. The summed E-state index contributed by atoms with van der Waals surface area (Å²) < 4.78 is 0. The molecule has 0 saturated carbocycles. The quantitative estimate of drug-likeness (QED) is 0.841. The average Bonchev–Trinajstić information content (AvgIpc) is 2.93. The average molecular weight is 317 g/mol. The van der Waals surface area contributed by atoms with E-state index in [4.69, 9.17) is 5.10 Å². The summed E-state index contributed by atoms with van der Waals surface area (Å²) in [6, 6.07) is 21.6. The van der Waals surface area contributed by atoms with E-state index >= 15 is 0 Å². The largest absolute Gasteiger partial charge is 0.301 e. The molecule has 0 aliphatic carbocycles. The van der Waals surface area contributed by atoms with Crippen LogP contribution in [-0.4, -0.2) is 42.8 Å². The van der Waals surface area contributed by atoms with Crippen LogP contribution < -0.4 is 0 Å². The van der Waals surface area contributed by atoms with Gasteiger partial charge in [-0.25, -0.2) is 0 Å². The van der Waals surface area contributed by atoms with Gasteiger partial charge in [0, 0.05) is 26.1 Å². The van der Waals surface area contributed by atoms with Gasteiger partial charge in [0.1, 0.15) is 0 Å². The van der Waals surface area contributed by atoms with Gasteiger partial charge in [-0.1, -0.05) is 60.7 Å². The molecule has 2 atom stereocenters. The van der Waals surface area contributed by atoms with E-state index in [1.54, 1.807) is 0 Å². The molecule has 0 aromatic heterocycles. The molecule has 0 spiro atoms. The van der Waals surface area contributed by atoms with E-state index in [1.807, 2.05) is 0 Å². The number of likely N-dealkylation sites (tertiary alicyclic amines) is 1. The van der Waals surface area contributed by atoms with Crippen molar-refractivity contribution >= 4 is 11.8 Å². The lowest BCUT2D eigenvalue weighted by atomic mass is 9.83. The molecule has 0 N–H and O–H groups in total. The minimum Gasteiger partial charge on any atom is -0.301 e. The fourth-order valence-corrected chi connectivity index (χ4v) is 3.95. The molecule has 2 aromatic rings. The predicted octanol–water partition coefficient (Wildman–Crippen LogP) is 3.67. The zero-order chi connectivity index (χ0) is 16.5. The van der Waals surface area contributed by atoms with Crippen molar-refractivity contribution in [3.05, 3.63) is 77.4 Å². The van der Waals surface area contributed by atoms with E-state index in [0.717, 1.165) is 13.1 Å². The summed E-state index contributed by atoms with van der Waals surface area (Å²) in [6.45, 7) is 2.01. The van der Waals surface area contributed by atoms with Gasteiger partial charge in [-0.2, -0.15) is 5.10 Å². The van der Waals surface area contributed by atoms with Crippen LogP contribution in [0.3, 0.4) is 0 Å². The van der Waals surface area contributed by atoms with Crippen molar-refractivity contribution in [3.63, 3.8) is 0 Å². The van der Waals surface area contributed by atoms with Gasteiger partial charge in [-0.15, -0.1) is 0 Å². The molecule has 2 aliphatic heterocycles. The zero-order valence-corrected chi connectivity index (χ0v) is 14.3. The van der Waals surface area contributed by atoms with Gasteiger partial charge in [0.05, 0.1) is 11.8 Å². The fourth-order valence-electron chi connectivity index (χ4n) is 3.95. The first-order valence-corrected chi connectivity index (χ1v) is 8.53. The predicted molar refractivity (Wildman–Crippen MR) is 99.8 cm³/mol. The molecular formula is C21H23N3. The Morgan fingerprint density at radius 2 is 1.62 bits per heavy atom. The highest BCUT2D eigenvalue weighted by Gasteiger charge is 2.41. The Morgan fingerprint density at radius 1 is 0.958 bits per heavy atom. The zero-order valence-electron chi connectivity index (χ0n) is 14.3. The molecule has 3 heteroatoms. The molecule has 0 amide bonds. The van der Waals surface area contributed by atoms with Crippen molar-refractivity contribution in [2.75, 3.05) is 27.2 Å². The van der Waals surface area contributed by atoms with Crippen molar-refractivity contribution in [3.8, 4) is 0 Å². The topological polar surface area (TPSA) is 18.8 Å². The molecule has 122 valence electrons. The Balaban J connectivity index is 1.71. The first kappa shape index (κ1) is 15.2. The van der Waals surface area contributed by atoms with Gasteiger partial charge >= 0.3 is 0 Å². The normalized spacial score (nSPS) is 25.7. The number of piperidine rings is 1. The van der Waals surface area contributed by atoms with E-state index < -0.39 is 0 Å². The van der Waals surface area contributed by atoms with Crippen LogP contribution in [0.25, 0.3) is 6.08 Å². The molecule has 0 radical (unpaired) electrons. The number of rotatable bonds is 2. The summed E-state index contributed by atoms with van der Waals surface area (Å²) in [7, 11) is 4.30. The number of hydrogen-bond acceptors (Lipinski definition) is 3. The van der Waals surface area contributed by atoms with Gasteiger partial charge in [-0.05, 0) is 29.8 Å². The Morgan fingerprint density at radius 3 is 2.33 bits per heavy atom. The lowest BCUT2D eigenvalue weighted by molar-refractivity contribution is 0.211. The van der Waals surface area contributed by atoms with Crippen molar-refractivity contribution in [1.82, 2.24) is 9.91 Å². The molecular weight excluding hydrogens is 294 g/mol. The highest BCUT2D eigenvalue weighted by atomic mass is 15.5. The van der Waals surface area contributed by atoms with Crippen LogP contribution in [0.5, 0.6) is 0 Å². The number of hydrazone groups is 1. The number of nitrogens with zero attached hydrogens (tertiary/aromatic N) is 3. The van der Waals surface area contributed by atoms with Crippen LogP contribution in [0.2, 0.25) is 0 Å². The van der Waals surface area contributed by atoms with E-state index in [9.17, 15) is 0 Å². The highest BCUT2D eigenvalue weighted by molar-refractivity contribution is 6.07. The smallest absolute Gasteiger partial charge is 0.0813 e. The van der Waals surface area contributed by atoms with Gasteiger partial charge in [0.2, 0.25) is 0 Å². The van der Waals surface area contributed by atoms with Crippen LogP contribution in [0, 0.1) is 5.92 Å². The number of likely N-dealkylation sites (N-methyl/N-ethyl adjacent to an activating group) is 1. The van der Waals surface area contributed by atoms with E-state index in [2.05, 4.69) is 90.7 Å². The summed E-state index contributed by atoms with van der Waals surface area (Å²) in [6.07, 6.45) is 2.29. The summed E-state index contributed by atoms with van der Waals surface area (Å²) in [5.41, 5.74) is 5.19. The summed E-state index contributed by atoms with van der Waals surface area (Å²) in [5.74, 6) is 0.422. The molecule has 1 saturated heterocycles. The number of fused-ring (bicyclic) bond motifs is 1. The lowest BCUT2D eigenvalue weighted by Gasteiger charge is -2.34. The molecule has 2 unspecified atom stereocenters. The number of benzene rings is 2. The third-order valence-corrected chi connectivity index (χ3v) is 4.96. The Labute approximate surface area is 143 Å². The SMILES string of the molecule is CN1C/C(=C\c2ccccc2)C2=NN(C)C(c3ccccc3)C2C1. The van der Waals surface area contributed by atoms with E-state index in [0.29, 0.717) is 12.0 Å². The van der Waals surface area contributed by atoms with Crippen LogP contribution in [-0.2, 0) is 0 Å². The van der Waals surface area contributed by atoms with Crippen molar-refractivity contribution in [2.45, 2.75) is 6.04 Å². The minimum atomic E-state index is 0.322. The van der Waals surface area contributed by atoms with Crippen LogP contribution in [0.1, 0.15) is 17.2 Å². The first-order chi connectivity index (χ1) is 11.7. The van der Waals surface area contributed by atoms with Gasteiger partial charge < -0.3 is 4.90 Å². The maximum atomic E-state index is 4.94. The lowest BCUT2D eigenvalue weighted by Crippen LogP contribution is -2.41. The summed E-state index contributed by atoms with van der Waals surface area (Å²) in [4.78, 5) is 2.41. The minimum absolute atomic E-state index is 0.322. The third kappa shape index (κ3) is 2.76. The molecule has 3 nitrogen and oxygen atoms in total. The van der Waals surface area contributed by atoms with E-state index in [1.165, 1.54) is 22.4 Å². The molecule has 0 bridgehead atoms. The van der Waals surface area contributed by atoms with Gasteiger partial charge in [-0.3, -0.25) is 5.01 Å². The van der Waals surface area contributed by atoms with Crippen LogP contribution in [0.15, 0.2) is 71.3 Å². The second kappa shape index (κ2) is 6.25. The molecule has 2 aliphatic rings. The Bertz CT molecular complexity index is 764. The summed E-state index contributed by atoms with van der Waals surface area (Å²) in [5, 5.41) is 7.08. The standard InChI is InChI=1S/C21H23N3/c1-23-14-18(13-16-9-5-3-6-10-16)20-19(15-23)21(24(2)22-20)17-11-7-4-8-12-17/h3-13,19,21H,14-15H2,1-2H3/b18-13+. The molecule has 2 aromatic carbocycles. The van der Waals surface area contributed by atoms with Crippen LogP contribution >= 0.6 is 0 Å². The maximum absolute atomic E-state index is 4.94. The Kier molecular flexibility index (Phi) is 3.95. The molecule has 4 rings (SSSR count). The fraction of sp³-hybridized carbons (Fsp3) is 0.286. The second-order valence-corrected chi connectivity index (χ2v) is 6.80. The maximum Gasteiger partial charge on any atom is 0.0813 e. The highest BCUT2D eigenvalue weighted by Crippen LogP contribution is 2.39. The number of hydrogen-bond donors (Lipinski definition) is 0. The third-order valence-electron chi connectivity index (χ3n) is 4.96. The van der Waals surface area contributed by atoms with Crippen molar-refractivity contribution in [2.24, 2.45) is 11.0 Å². The van der Waals surface area contributed by atoms with Crippen LogP contribution in [0.4, 0.5) is 0 Å². The molecule has 1 fully saturated rings. The van der Waals surface area contributed by atoms with Gasteiger partial charge in [0.25, 0.3) is 0 Å². The van der Waals surface area contributed by atoms with Crippen molar-refractivity contribution < 1.29 is 0 Å². The van der Waals surface area contributed by atoms with Crippen molar-refractivity contribution in [1.29, 1.82) is 0 Å². The van der Waals surface area contributed by atoms with E-state index in [-0.39, 0.29) is 0 Å². The molecule has 2 heterocycles. The second-order valence-electron chi connectivity index (χ2n) is 6.80.